The lowest BCUT2D eigenvalue weighted by Crippen LogP contribution is -2.07. The van der Waals surface area contributed by atoms with Crippen LogP contribution in [-0.2, 0) is 0 Å². The lowest BCUT2D eigenvalue weighted by molar-refractivity contribution is 0.916. The van der Waals surface area contributed by atoms with E-state index < -0.39 is 0 Å². The van der Waals surface area contributed by atoms with Gasteiger partial charge in [-0.25, -0.2) is 0 Å². The van der Waals surface area contributed by atoms with Gasteiger partial charge in [-0.2, -0.15) is 0 Å². The van der Waals surface area contributed by atoms with Crippen LogP contribution in [0.3, 0.4) is 0 Å². The van der Waals surface area contributed by atoms with E-state index in [1.807, 2.05) is 0 Å². The van der Waals surface area contributed by atoms with E-state index in [9.17, 15) is 0 Å². The van der Waals surface area contributed by atoms with E-state index in [4.69, 9.17) is 5.73 Å². The predicted octanol–water partition coefficient (Wildman–Crippen LogP) is 5.00. The third-order valence-corrected chi connectivity index (χ3v) is 6.80. The van der Waals surface area contributed by atoms with Crippen LogP contribution in [0.15, 0.2) is 20.4 Å². The first-order valence-corrected chi connectivity index (χ1v) is 7.98. The lowest BCUT2D eigenvalue weighted by Gasteiger charge is -2.05. The van der Waals surface area contributed by atoms with Crippen molar-refractivity contribution in [1.82, 2.24) is 0 Å². The van der Waals surface area contributed by atoms with Crippen LogP contribution in [0.4, 0.5) is 0 Å². The number of rotatable bonds is 2. The third kappa shape index (κ3) is 2.43. The smallest absolute Gasteiger partial charge is 0.0740 e. The van der Waals surface area contributed by atoms with Gasteiger partial charge in [0.1, 0.15) is 0 Å². The second kappa shape index (κ2) is 4.90. The summed E-state index contributed by atoms with van der Waals surface area (Å²) in [5.41, 5.74) is 7.51. The van der Waals surface area contributed by atoms with Gasteiger partial charge in [0.15, 0.2) is 0 Å². The van der Waals surface area contributed by atoms with E-state index in [1.165, 1.54) is 24.0 Å². The average Bonchev–Trinajstić information content (AvgIpc) is 2.72. The van der Waals surface area contributed by atoms with Crippen molar-refractivity contribution >= 4 is 54.5 Å². The molecular formula is C11H11Br2NS2. The highest BCUT2D eigenvalue weighted by Crippen LogP contribution is 2.37. The molecule has 0 aliphatic carbocycles. The number of aryl methyl sites for hydroxylation is 2. The van der Waals surface area contributed by atoms with Crippen LogP contribution in [0.25, 0.3) is 0 Å². The van der Waals surface area contributed by atoms with Gasteiger partial charge in [-0.3, -0.25) is 0 Å². The van der Waals surface area contributed by atoms with E-state index in [1.54, 1.807) is 22.7 Å². The zero-order valence-corrected chi connectivity index (χ0v) is 13.7. The Morgan fingerprint density at radius 2 is 1.75 bits per heavy atom. The molecule has 0 aliphatic rings. The minimum absolute atomic E-state index is 0.00926. The van der Waals surface area contributed by atoms with E-state index in [-0.39, 0.29) is 6.04 Å². The lowest BCUT2D eigenvalue weighted by atomic mass is 10.2. The van der Waals surface area contributed by atoms with Crippen molar-refractivity contribution in [2.24, 2.45) is 5.73 Å². The second-order valence-corrected chi connectivity index (χ2v) is 8.18. The first kappa shape index (κ1) is 12.8. The molecule has 16 heavy (non-hydrogen) atoms. The van der Waals surface area contributed by atoms with Gasteiger partial charge in [-0.15, -0.1) is 22.7 Å². The fraction of sp³-hybridized carbons (Fsp3) is 0.273. The predicted molar refractivity (Wildman–Crippen MR) is 79.5 cm³/mol. The summed E-state index contributed by atoms with van der Waals surface area (Å²) in [6, 6.07) is 4.26. The summed E-state index contributed by atoms with van der Waals surface area (Å²) in [4.78, 5) is 3.69. The van der Waals surface area contributed by atoms with Crippen molar-refractivity contribution in [3.8, 4) is 0 Å². The summed E-state index contributed by atoms with van der Waals surface area (Å²) in [5.74, 6) is 0. The highest BCUT2D eigenvalue weighted by Gasteiger charge is 2.16. The van der Waals surface area contributed by atoms with Gasteiger partial charge in [0.2, 0.25) is 0 Å². The summed E-state index contributed by atoms with van der Waals surface area (Å²) in [6.07, 6.45) is 0. The Hall–Kier alpha value is 0.320. The molecule has 1 unspecified atom stereocenters. The topological polar surface area (TPSA) is 26.0 Å². The Bertz CT molecular complexity index is 431. The van der Waals surface area contributed by atoms with E-state index in [2.05, 4.69) is 57.8 Å². The zero-order valence-electron chi connectivity index (χ0n) is 8.88. The number of nitrogens with two attached hydrogens (primary N) is 1. The molecule has 2 aromatic rings. The zero-order chi connectivity index (χ0) is 11.9. The van der Waals surface area contributed by atoms with E-state index in [0.717, 1.165) is 4.47 Å². The van der Waals surface area contributed by atoms with Crippen LogP contribution in [0.2, 0.25) is 0 Å². The minimum atomic E-state index is -0.00926. The molecule has 86 valence electrons. The molecule has 0 amide bonds. The fourth-order valence-corrected chi connectivity index (χ4v) is 4.66. The second-order valence-electron chi connectivity index (χ2n) is 3.64. The van der Waals surface area contributed by atoms with Crippen LogP contribution >= 0.6 is 54.5 Å². The Morgan fingerprint density at radius 1 is 1.12 bits per heavy atom. The summed E-state index contributed by atoms with van der Waals surface area (Å²) >= 11 is 10.5. The molecular weight excluding hydrogens is 370 g/mol. The highest BCUT2D eigenvalue weighted by molar-refractivity contribution is 9.11. The van der Waals surface area contributed by atoms with Gasteiger partial charge in [0.25, 0.3) is 0 Å². The summed E-state index contributed by atoms with van der Waals surface area (Å²) in [5, 5.41) is 0. The molecule has 1 atom stereocenters. The van der Waals surface area contributed by atoms with Gasteiger partial charge < -0.3 is 5.73 Å². The number of hydrogen-bond donors (Lipinski definition) is 1. The molecule has 0 saturated heterocycles. The fourth-order valence-electron chi connectivity index (χ4n) is 1.41. The summed E-state index contributed by atoms with van der Waals surface area (Å²) in [7, 11) is 0. The van der Waals surface area contributed by atoms with Crippen LogP contribution in [0.5, 0.6) is 0 Å². The van der Waals surface area contributed by atoms with Crippen molar-refractivity contribution in [1.29, 1.82) is 0 Å². The Morgan fingerprint density at radius 3 is 2.19 bits per heavy atom. The molecule has 1 nitrogen and oxygen atoms in total. The molecule has 2 aromatic heterocycles. The standard InChI is InChI=1S/C11H11Br2NS2/c1-5-3-8(16-11(5)13)10(14)9-4-7(12)6(2)15-9/h3-4,10H,14H2,1-2H3. The van der Waals surface area contributed by atoms with Crippen molar-refractivity contribution in [2.75, 3.05) is 0 Å². The molecule has 0 aromatic carbocycles. The van der Waals surface area contributed by atoms with Crippen LogP contribution in [-0.4, -0.2) is 0 Å². The van der Waals surface area contributed by atoms with Crippen molar-refractivity contribution in [3.05, 3.63) is 40.6 Å². The van der Waals surface area contributed by atoms with Crippen molar-refractivity contribution in [3.63, 3.8) is 0 Å². The SMILES string of the molecule is Cc1cc(C(N)c2cc(Br)c(C)s2)sc1Br. The highest BCUT2D eigenvalue weighted by atomic mass is 79.9. The van der Waals surface area contributed by atoms with Gasteiger partial charge >= 0.3 is 0 Å². The molecule has 0 aliphatic heterocycles. The van der Waals surface area contributed by atoms with Crippen LogP contribution in [0.1, 0.15) is 26.2 Å². The largest absolute Gasteiger partial charge is 0.319 e. The monoisotopic (exact) mass is 379 g/mol. The molecule has 2 rings (SSSR count). The van der Waals surface area contributed by atoms with Gasteiger partial charge in [0, 0.05) is 19.1 Å². The maximum absolute atomic E-state index is 6.26. The Balaban J connectivity index is 2.34. The normalized spacial score (nSPS) is 13.1. The van der Waals surface area contributed by atoms with Gasteiger partial charge in [0.05, 0.1) is 9.83 Å². The number of thiophene rings is 2. The maximum atomic E-state index is 6.26. The minimum Gasteiger partial charge on any atom is -0.319 e. The summed E-state index contributed by atoms with van der Waals surface area (Å²) < 4.78 is 2.32. The maximum Gasteiger partial charge on any atom is 0.0740 e. The first-order chi connectivity index (χ1) is 7.49. The average molecular weight is 381 g/mol. The van der Waals surface area contributed by atoms with Crippen LogP contribution in [0, 0.1) is 13.8 Å². The van der Waals surface area contributed by atoms with Crippen LogP contribution < -0.4 is 5.73 Å². The first-order valence-electron chi connectivity index (χ1n) is 4.76. The Kier molecular flexibility index (Phi) is 3.91. The van der Waals surface area contributed by atoms with Crippen molar-refractivity contribution in [2.45, 2.75) is 19.9 Å². The molecule has 5 heteroatoms. The third-order valence-electron chi connectivity index (χ3n) is 2.37. The molecule has 0 bridgehead atoms. The van der Waals surface area contributed by atoms with E-state index in [0.29, 0.717) is 0 Å². The molecule has 2 heterocycles. The molecule has 2 N–H and O–H groups in total. The van der Waals surface area contributed by atoms with Gasteiger partial charge in [-0.1, -0.05) is 0 Å². The Labute approximate surface area is 120 Å². The molecule has 0 radical (unpaired) electrons. The number of halogens is 2. The quantitative estimate of drug-likeness (QED) is 0.779. The molecule has 0 spiro atoms. The van der Waals surface area contributed by atoms with Gasteiger partial charge in [-0.05, 0) is 63.4 Å². The molecule has 0 saturated carbocycles. The molecule has 0 fully saturated rings. The van der Waals surface area contributed by atoms with Crippen molar-refractivity contribution < 1.29 is 0 Å². The number of hydrogen-bond acceptors (Lipinski definition) is 3. The summed E-state index contributed by atoms with van der Waals surface area (Å²) in [6.45, 7) is 4.19. The van der Waals surface area contributed by atoms with E-state index >= 15 is 0 Å².